The number of thiazole rings is 1. The first-order chi connectivity index (χ1) is 7.66. The molecule has 0 radical (unpaired) electrons. The standard InChI is InChI=1S/C12H13NO2S/c1-8(6-7-11(14)15)12-13-9-4-2-3-5-10(9)16-12/h2-5,8H,6-7H2,1H3,(H,14,15). The Morgan fingerprint density at radius 3 is 2.94 bits per heavy atom. The van der Waals surface area contributed by atoms with E-state index in [0.29, 0.717) is 6.42 Å². The highest BCUT2D eigenvalue weighted by Crippen LogP contribution is 2.29. The summed E-state index contributed by atoms with van der Waals surface area (Å²) in [5.74, 6) is -0.526. The van der Waals surface area contributed by atoms with Crippen LogP contribution in [0.15, 0.2) is 24.3 Å². The van der Waals surface area contributed by atoms with Crippen molar-refractivity contribution >= 4 is 27.5 Å². The fourth-order valence-corrected chi connectivity index (χ4v) is 2.62. The van der Waals surface area contributed by atoms with Crippen molar-refractivity contribution in [3.8, 4) is 0 Å². The summed E-state index contributed by atoms with van der Waals surface area (Å²) in [6, 6.07) is 7.99. The highest BCUT2D eigenvalue weighted by Gasteiger charge is 2.12. The van der Waals surface area contributed by atoms with Gasteiger partial charge in [-0.15, -0.1) is 11.3 Å². The minimum Gasteiger partial charge on any atom is -0.481 e. The molecular formula is C12H13NO2S. The highest BCUT2D eigenvalue weighted by atomic mass is 32.1. The van der Waals surface area contributed by atoms with Crippen LogP contribution in [0.1, 0.15) is 30.7 Å². The zero-order valence-electron chi connectivity index (χ0n) is 9.01. The molecule has 0 bridgehead atoms. The lowest BCUT2D eigenvalue weighted by Gasteiger charge is -2.04. The highest BCUT2D eigenvalue weighted by molar-refractivity contribution is 7.18. The SMILES string of the molecule is CC(CCC(=O)O)c1nc2ccccc2s1. The molecule has 1 unspecified atom stereocenters. The van der Waals surface area contributed by atoms with Crippen LogP contribution in [0, 0.1) is 0 Å². The van der Waals surface area contributed by atoms with Gasteiger partial charge in [-0.3, -0.25) is 4.79 Å². The Balaban J connectivity index is 2.16. The van der Waals surface area contributed by atoms with Gasteiger partial charge in [0.25, 0.3) is 0 Å². The minimum atomic E-state index is -0.743. The number of hydrogen-bond donors (Lipinski definition) is 1. The number of carbonyl (C=O) groups is 1. The van der Waals surface area contributed by atoms with Crippen molar-refractivity contribution in [2.24, 2.45) is 0 Å². The molecule has 1 atom stereocenters. The molecule has 0 saturated carbocycles. The lowest BCUT2D eigenvalue weighted by Crippen LogP contribution is -1.99. The van der Waals surface area contributed by atoms with Crippen LogP contribution in [0.3, 0.4) is 0 Å². The predicted octanol–water partition coefficient (Wildman–Crippen LogP) is 3.26. The van der Waals surface area contributed by atoms with Crippen LogP contribution < -0.4 is 0 Å². The third kappa shape index (κ3) is 2.39. The third-order valence-corrected chi connectivity index (χ3v) is 3.79. The molecule has 84 valence electrons. The van der Waals surface area contributed by atoms with E-state index in [9.17, 15) is 4.79 Å². The van der Waals surface area contributed by atoms with Gasteiger partial charge in [0.1, 0.15) is 0 Å². The van der Waals surface area contributed by atoms with Gasteiger partial charge >= 0.3 is 5.97 Å². The maximum atomic E-state index is 10.5. The molecular weight excluding hydrogens is 222 g/mol. The number of nitrogens with zero attached hydrogens (tertiary/aromatic N) is 1. The number of benzene rings is 1. The Morgan fingerprint density at radius 1 is 1.50 bits per heavy atom. The summed E-state index contributed by atoms with van der Waals surface area (Å²) < 4.78 is 1.17. The number of rotatable bonds is 4. The van der Waals surface area contributed by atoms with Crippen LogP contribution in [-0.2, 0) is 4.79 Å². The monoisotopic (exact) mass is 235 g/mol. The van der Waals surface area contributed by atoms with Gasteiger partial charge < -0.3 is 5.11 Å². The van der Waals surface area contributed by atoms with E-state index in [1.54, 1.807) is 11.3 Å². The second kappa shape index (κ2) is 4.61. The van der Waals surface area contributed by atoms with Crippen LogP contribution in [-0.4, -0.2) is 16.1 Å². The fourth-order valence-electron chi connectivity index (χ4n) is 1.56. The van der Waals surface area contributed by atoms with Gasteiger partial charge in [-0.05, 0) is 18.6 Å². The number of hydrogen-bond acceptors (Lipinski definition) is 3. The molecule has 1 aromatic carbocycles. The summed E-state index contributed by atoms with van der Waals surface area (Å²) in [5.41, 5.74) is 1.00. The zero-order chi connectivity index (χ0) is 11.5. The second-order valence-electron chi connectivity index (χ2n) is 3.85. The molecule has 2 rings (SSSR count). The van der Waals surface area contributed by atoms with Gasteiger partial charge in [-0.25, -0.2) is 4.98 Å². The molecule has 0 aliphatic rings. The molecule has 1 aromatic heterocycles. The van der Waals surface area contributed by atoms with E-state index >= 15 is 0 Å². The molecule has 4 heteroatoms. The average Bonchev–Trinajstić information content (AvgIpc) is 2.69. The first-order valence-corrected chi connectivity index (χ1v) is 6.05. The van der Waals surface area contributed by atoms with Crippen molar-refractivity contribution in [1.29, 1.82) is 0 Å². The maximum absolute atomic E-state index is 10.5. The van der Waals surface area contributed by atoms with E-state index in [1.807, 2.05) is 31.2 Å². The first kappa shape index (κ1) is 11.1. The molecule has 1 N–H and O–H groups in total. The van der Waals surface area contributed by atoms with Crippen LogP contribution in [0.4, 0.5) is 0 Å². The van der Waals surface area contributed by atoms with Gasteiger partial charge in [0.15, 0.2) is 0 Å². The lowest BCUT2D eigenvalue weighted by molar-refractivity contribution is -0.137. The summed E-state index contributed by atoms with van der Waals surface area (Å²) in [5, 5.41) is 9.66. The van der Waals surface area contributed by atoms with Crippen molar-refractivity contribution in [2.45, 2.75) is 25.7 Å². The molecule has 16 heavy (non-hydrogen) atoms. The first-order valence-electron chi connectivity index (χ1n) is 5.24. The minimum absolute atomic E-state index is 0.205. The number of aromatic nitrogens is 1. The summed E-state index contributed by atoms with van der Waals surface area (Å²) in [6.45, 7) is 2.03. The Kier molecular flexibility index (Phi) is 3.19. The fraction of sp³-hybridized carbons (Fsp3) is 0.333. The summed E-state index contributed by atoms with van der Waals surface area (Å²) in [4.78, 5) is 15.0. The van der Waals surface area contributed by atoms with E-state index in [0.717, 1.165) is 10.5 Å². The Labute approximate surface area is 97.8 Å². The van der Waals surface area contributed by atoms with Gasteiger partial charge in [-0.1, -0.05) is 19.1 Å². The smallest absolute Gasteiger partial charge is 0.303 e. The van der Waals surface area contributed by atoms with E-state index in [4.69, 9.17) is 5.11 Å². The topological polar surface area (TPSA) is 50.2 Å². The van der Waals surface area contributed by atoms with Crippen LogP contribution in [0.2, 0.25) is 0 Å². The molecule has 0 fully saturated rings. The number of carboxylic acid groups (broad SMARTS) is 1. The molecule has 0 aliphatic heterocycles. The second-order valence-corrected chi connectivity index (χ2v) is 4.92. The quantitative estimate of drug-likeness (QED) is 0.884. The Morgan fingerprint density at radius 2 is 2.25 bits per heavy atom. The van der Waals surface area contributed by atoms with E-state index in [2.05, 4.69) is 4.98 Å². The van der Waals surface area contributed by atoms with Crippen LogP contribution >= 0.6 is 11.3 Å². The summed E-state index contributed by atoms with van der Waals surface area (Å²) in [7, 11) is 0. The zero-order valence-corrected chi connectivity index (χ0v) is 9.83. The van der Waals surface area contributed by atoms with Crippen molar-refractivity contribution in [3.63, 3.8) is 0 Å². The van der Waals surface area contributed by atoms with Gasteiger partial charge in [0.2, 0.25) is 0 Å². The molecule has 0 aliphatic carbocycles. The van der Waals surface area contributed by atoms with E-state index in [-0.39, 0.29) is 12.3 Å². The molecule has 0 saturated heterocycles. The molecule has 0 spiro atoms. The Hall–Kier alpha value is -1.42. The number of carboxylic acids is 1. The van der Waals surface area contributed by atoms with Crippen LogP contribution in [0.25, 0.3) is 10.2 Å². The third-order valence-electron chi connectivity index (χ3n) is 2.52. The molecule has 3 nitrogen and oxygen atoms in total. The predicted molar refractivity (Wildman–Crippen MR) is 64.9 cm³/mol. The summed E-state index contributed by atoms with van der Waals surface area (Å²) >= 11 is 1.65. The normalized spacial score (nSPS) is 12.8. The van der Waals surface area contributed by atoms with Gasteiger partial charge in [0.05, 0.1) is 15.2 Å². The van der Waals surface area contributed by atoms with Crippen LogP contribution in [0.5, 0.6) is 0 Å². The maximum Gasteiger partial charge on any atom is 0.303 e. The average molecular weight is 235 g/mol. The van der Waals surface area contributed by atoms with Crippen molar-refractivity contribution in [1.82, 2.24) is 4.98 Å². The lowest BCUT2D eigenvalue weighted by atomic mass is 10.1. The van der Waals surface area contributed by atoms with E-state index < -0.39 is 5.97 Å². The largest absolute Gasteiger partial charge is 0.481 e. The molecule has 2 aromatic rings. The van der Waals surface area contributed by atoms with Crippen molar-refractivity contribution in [3.05, 3.63) is 29.3 Å². The summed E-state index contributed by atoms with van der Waals surface area (Å²) in [6.07, 6.45) is 0.853. The van der Waals surface area contributed by atoms with E-state index in [1.165, 1.54) is 4.70 Å². The number of para-hydroxylation sites is 1. The van der Waals surface area contributed by atoms with Crippen molar-refractivity contribution in [2.75, 3.05) is 0 Å². The molecule has 1 heterocycles. The van der Waals surface area contributed by atoms with Gasteiger partial charge in [0, 0.05) is 12.3 Å². The Bertz CT molecular complexity index is 473. The van der Waals surface area contributed by atoms with Crippen molar-refractivity contribution < 1.29 is 9.90 Å². The number of fused-ring (bicyclic) bond motifs is 1. The van der Waals surface area contributed by atoms with Gasteiger partial charge in [-0.2, -0.15) is 0 Å². The molecule has 0 amide bonds. The number of aliphatic carboxylic acids is 1.